The average molecular weight is 307 g/mol. The Balaban J connectivity index is 2.08. The number of aromatic nitrogens is 3. The van der Waals surface area contributed by atoms with Gasteiger partial charge in [-0.05, 0) is 24.3 Å². The fourth-order valence-corrected chi connectivity index (χ4v) is 3.10. The van der Waals surface area contributed by atoms with E-state index in [2.05, 4.69) is 31.0 Å². The van der Waals surface area contributed by atoms with E-state index in [0.29, 0.717) is 5.02 Å². The van der Waals surface area contributed by atoms with E-state index in [9.17, 15) is 0 Å². The number of hydrogen-bond donors (Lipinski definition) is 0. The molecule has 20 heavy (non-hydrogen) atoms. The zero-order valence-corrected chi connectivity index (χ0v) is 13.2. The Morgan fingerprint density at radius 2 is 1.85 bits per heavy atom. The Kier molecular flexibility index (Phi) is 3.34. The molecule has 0 atom stereocenters. The minimum atomic E-state index is 0.0478. The van der Waals surface area contributed by atoms with Crippen molar-refractivity contribution in [2.75, 3.05) is 5.75 Å². The predicted molar refractivity (Wildman–Crippen MR) is 83.5 cm³/mol. The topological polar surface area (TPSA) is 43.1 Å². The quantitative estimate of drug-likeness (QED) is 0.801. The molecule has 104 valence electrons. The second-order valence-corrected chi connectivity index (χ2v) is 7.09. The van der Waals surface area contributed by atoms with E-state index in [-0.39, 0.29) is 5.41 Å². The van der Waals surface area contributed by atoms with Crippen molar-refractivity contribution >= 4 is 29.1 Å². The molecule has 2 heterocycles. The maximum absolute atomic E-state index is 5.92. The number of benzene rings is 1. The number of thioether (sulfide) groups is 1. The zero-order valence-electron chi connectivity index (χ0n) is 11.6. The fourth-order valence-electron chi connectivity index (χ4n) is 1.87. The molecule has 2 aromatic rings. The standard InChI is InChI=1S/C14H15ClN4S/c1-14(2,3)11-8-20-13-17-16-12(19(13)18-11)9-4-6-10(15)7-5-9/h4-7H,8H2,1-3H3. The van der Waals surface area contributed by atoms with E-state index >= 15 is 0 Å². The van der Waals surface area contributed by atoms with Gasteiger partial charge in [0.15, 0.2) is 5.82 Å². The van der Waals surface area contributed by atoms with E-state index in [1.165, 1.54) is 0 Å². The van der Waals surface area contributed by atoms with Crippen LogP contribution in [0, 0.1) is 5.41 Å². The summed E-state index contributed by atoms with van der Waals surface area (Å²) >= 11 is 7.60. The highest BCUT2D eigenvalue weighted by molar-refractivity contribution is 7.99. The highest BCUT2D eigenvalue weighted by Gasteiger charge is 2.26. The number of halogens is 1. The van der Waals surface area contributed by atoms with E-state index in [1.54, 1.807) is 11.8 Å². The van der Waals surface area contributed by atoms with Crippen LogP contribution >= 0.6 is 23.4 Å². The summed E-state index contributed by atoms with van der Waals surface area (Å²) in [5, 5.41) is 14.7. The molecule has 0 amide bonds. The molecule has 1 aromatic carbocycles. The van der Waals surface area contributed by atoms with Crippen LogP contribution in [0.1, 0.15) is 20.8 Å². The van der Waals surface area contributed by atoms with Gasteiger partial charge in [0.05, 0.1) is 5.71 Å². The van der Waals surface area contributed by atoms with Crippen LogP contribution in [-0.2, 0) is 0 Å². The third-order valence-corrected chi connectivity index (χ3v) is 4.32. The highest BCUT2D eigenvalue weighted by Crippen LogP contribution is 2.31. The van der Waals surface area contributed by atoms with Crippen molar-refractivity contribution in [2.24, 2.45) is 10.5 Å². The molecule has 0 fully saturated rings. The molecule has 1 aromatic heterocycles. The molecule has 0 spiro atoms. The summed E-state index contributed by atoms with van der Waals surface area (Å²) in [5.74, 6) is 1.62. The second kappa shape index (κ2) is 4.90. The summed E-state index contributed by atoms with van der Waals surface area (Å²) in [6.45, 7) is 6.51. The first-order chi connectivity index (χ1) is 9.45. The number of fused-ring (bicyclic) bond motifs is 1. The summed E-state index contributed by atoms with van der Waals surface area (Å²) in [6.07, 6.45) is 0. The van der Waals surface area contributed by atoms with Gasteiger partial charge < -0.3 is 0 Å². The lowest BCUT2D eigenvalue weighted by molar-refractivity contribution is 0.574. The molecule has 6 heteroatoms. The van der Waals surface area contributed by atoms with E-state index in [0.717, 1.165) is 28.0 Å². The first kappa shape index (κ1) is 13.6. The summed E-state index contributed by atoms with van der Waals surface area (Å²) in [7, 11) is 0. The van der Waals surface area contributed by atoms with Crippen molar-refractivity contribution in [1.29, 1.82) is 0 Å². The Hall–Kier alpha value is -1.33. The molecule has 4 nitrogen and oxygen atoms in total. The van der Waals surface area contributed by atoms with Gasteiger partial charge in [-0.15, -0.1) is 10.2 Å². The molecule has 1 aliphatic rings. The lowest BCUT2D eigenvalue weighted by atomic mass is 9.91. The first-order valence-corrected chi connectivity index (χ1v) is 7.74. The molecule has 1 aliphatic heterocycles. The smallest absolute Gasteiger partial charge is 0.187 e. The first-order valence-electron chi connectivity index (χ1n) is 6.37. The number of hydrogen-bond acceptors (Lipinski definition) is 4. The molecule has 0 aliphatic carbocycles. The maximum Gasteiger partial charge on any atom is 0.212 e. The Bertz CT molecular complexity index is 667. The van der Waals surface area contributed by atoms with Crippen molar-refractivity contribution < 1.29 is 0 Å². The lowest BCUT2D eigenvalue weighted by Crippen LogP contribution is -2.26. The van der Waals surface area contributed by atoms with Gasteiger partial charge in [0.2, 0.25) is 5.16 Å². The summed E-state index contributed by atoms with van der Waals surface area (Å²) in [4.78, 5) is 0. The molecular formula is C14H15ClN4S. The highest BCUT2D eigenvalue weighted by atomic mass is 35.5. The fraction of sp³-hybridized carbons (Fsp3) is 0.357. The number of nitrogens with zero attached hydrogens (tertiary/aromatic N) is 4. The summed E-state index contributed by atoms with van der Waals surface area (Å²) in [6, 6.07) is 7.57. The average Bonchev–Trinajstić information content (AvgIpc) is 2.81. The number of rotatable bonds is 1. The van der Waals surface area contributed by atoms with Crippen LogP contribution in [0.2, 0.25) is 5.02 Å². The van der Waals surface area contributed by atoms with Gasteiger partial charge >= 0.3 is 0 Å². The van der Waals surface area contributed by atoms with Crippen LogP contribution in [0.3, 0.4) is 0 Å². The molecule has 0 saturated heterocycles. The van der Waals surface area contributed by atoms with Gasteiger partial charge in [-0.3, -0.25) is 0 Å². The normalized spacial score (nSPS) is 14.9. The van der Waals surface area contributed by atoms with Crippen LogP contribution in [-0.4, -0.2) is 26.3 Å². The van der Waals surface area contributed by atoms with Crippen molar-refractivity contribution in [3.8, 4) is 11.4 Å². The molecule has 0 N–H and O–H groups in total. The molecule has 0 saturated carbocycles. The Labute approximate surface area is 127 Å². The van der Waals surface area contributed by atoms with Crippen molar-refractivity contribution in [2.45, 2.75) is 25.9 Å². The van der Waals surface area contributed by atoms with Gasteiger partial charge in [-0.25, -0.2) is 0 Å². The van der Waals surface area contributed by atoms with Gasteiger partial charge in [0, 0.05) is 21.8 Å². The Morgan fingerprint density at radius 1 is 1.15 bits per heavy atom. The van der Waals surface area contributed by atoms with Crippen LogP contribution in [0.5, 0.6) is 0 Å². The molecule has 0 unspecified atom stereocenters. The predicted octanol–water partition coefficient (Wildman–Crippen LogP) is 3.95. The largest absolute Gasteiger partial charge is 0.212 e. The van der Waals surface area contributed by atoms with Crippen LogP contribution in [0.25, 0.3) is 11.4 Å². The lowest BCUT2D eigenvalue weighted by Gasteiger charge is -2.24. The van der Waals surface area contributed by atoms with Gasteiger partial charge in [-0.1, -0.05) is 44.1 Å². The minimum Gasteiger partial charge on any atom is -0.187 e. The Morgan fingerprint density at radius 3 is 2.50 bits per heavy atom. The van der Waals surface area contributed by atoms with Crippen LogP contribution in [0.15, 0.2) is 34.5 Å². The minimum absolute atomic E-state index is 0.0478. The summed E-state index contributed by atoms with van der Waals surface area (Å²) in [5.41, 5.74) is 2.16. The second-order valence-electron chi connectivity index (χ2n) is 5.71. The van der Waals surface area contributed by atoms with Crippen molar-refractivity contribution in [3.63, 3.8) is 0 Å². The van der Waals surface area contributed by atoms with Crippen LogP contribution < -0.4 is 0 Å². The third kappa shape index (κ3) is 2.47. The third-order valence-electron chi connectivity index (χ3n) is 3.14. The van der Waals surface area contributed by atoms with Gasteiger partial charge in [-0.2, -0.15) is 9.78 Å². The van der Waals surface area contributed by atoms with E-state index < -0.39 is 0 Å². The molecule has 0 bridgehead atoms. The monoisotopic (exact) mass is 306 g/mol. The maximum atomic E-state index is 5.92. The van der Waals surface area contributed by atoms with E-state index in [4.69, 9.17) is 16.7 Å². The van der Waals surface area contributed by atoms with Gasteiger partial charge in [0.1, 0.15) is 0 Å². The van der Waals surface area contributed by atoms with Crippen molar-refractivity contribution in [3.05, 3.63) is 29.3 Å². The van der Waals surface area contributed by atoms with Gasteiger partial charge in [0.25, 0.3) is 0 Å². The molecule has 0 radical (unpaired) electrons. The van der Waals surface area contributed by atoms with Crippen molar-refractivity contribution in [1.82, 2.24) is 14.9 Å². The van der Waals surface area contributed by atoms with Crippen LogP contribution in [0.4, 0.5) is 0 Å². The molecular weight excluding hydrogens is 292 g/mol. The summed E-state index contributed by atoms with van der Waals surface area (Å²) < 4.78 is 1.83. The van der Waals surface area contributed by atoms with E-state index in [1.807, 2.05) is 28.9 Å². The SMILES string of the molecule is CC(C)(C)C1=Nn2c(nnc2-c2ccc(Cl)cc2)SC1. The zero-order chi connectivity index (χ0) is 14.3. The molecule has 3 rings (SSSR count).